The first-order valence-corrected chi connectivity index (χ1v) is 9.24. The van der Waals surface area contributed by atoms with Crippen LogP contribution in [0.1, 0.15) is 27.7 Å². The molecule has 1 amide bonds. The van der Waals surface area contributed by atoms with Crippen molar-refractivity contribution in [3.63, 3.8) is 0 Å². The molecule has 2 rings (SSSR count). The summed E-state index contributed by atoms with van der Waals surface area (Å²) in [5, 5.41) is 6.07. The Morgan fingerprint density at radius 3 is 2.39 bits per heavy atom. The molecular formula is C19H30F2IN5O. The standard InChI is InChI=1S/C19H29F2N5O.HI/c1-5-22-18(23-13-17(27)24-19(2,3)4)26-10-8-25(9-11-26)16-12-14(20)6-7-15(16)21;/h6-7,12H,5,8-11,13H2,1-4H3,(H,22,23)(H,24,27);1H. The maximum absolute atomic E-state index is 14.0. The van der Waals surface area contributed by atoms with Crippen molar-refractivity contribution in [1.82, 2.24) is 15.5 Å². The molecule has 158 valence electrons. The van der Waals surface area contributed by atoms with Gasteiger partial charge in [-0.25, -0.2) is 13.8 Å². The van der Waals surface area contributed by atoms with E-state index >= 15 is 0 Å². The van der Waals surface area contributed by atoms with Crippen molar-refractivity contribution in [1.29, 1.82) is 0 Å². The molecule has 1 aromatic carbocycles. The second-order valence-corrected chi connectivity index (χ2v) is 7.54. The van der Waals surface area contributed by atoms with Gasteiger partial charge < -0.3 is 20.4 Å². The Hall–Kier alpha value is -1.65. The zero-order chi connectivity index (χ0) is 20.0. The number of benzene rings is 1. The Bertz CT molecular complexity index is 685. The van der Waals surface area contributed by atoms with Crippen LogP contribution in [-0.4, -0.2) is 61.6 Å². The summed E-state index contributed by atoms with van der Waals surface area (Å²) in [7, 11) is 0. The van der Waals surface area contributed by atoms with E-state index < -0.39 is 11.6 Å². The first kappa shape index (κ1) is 24.4. The van der Waals surface area contributed by atoms with Gasteiger partial charge in [-0.2, -0.15) is 0 Å². The Balaban J connectivity index is 0.00000392. The fourth-order valence-corrected chi connectivity index (χ4v) is 2.92. The number of hydrogen-bond acceptors (Lipinski definition) is 3. The van der Waals surface area contributed by atoms with Crippen LogP contribution in [0.3, 0.4) is 0 Å². The number of anilines is 1. The molecule has 1 aliphatic heterocycles. The minimum atomic E-state index is -0.450. The number of amides is 1. The van der Waals surface area contributed by atoms with Crippen LogP contribution in [0, 0.1) is 11.6 Å². The van der Waals surface area contributed by atoms with Crippen molar-refractivity contribution >= 4 is 41.5 Å². The molecule has 1 aromatic rings. The van der Waals surface area contributed by atoms with Crippen LogP contribution in [-0.2, 0) is 4.79 Å². The summed E-state index contributed by atoms with van der Waals surface area (Å²) in [4.78, 5) is 20.3. The summed E-state index contributed by atoms with van der Waals surface area (Å²) >= 11 is 0. The summed E-state index contributed by atoms with van der Waals surface area (Å²) in [6, 6.07) is 3.49. The van der Waals surface area contributed by atoms with Crippen molar-refractivity contribution in [2.45, 2.75) is 33.2 Å². The summed E-state index contributed by atoms with van der Waals surface area (Å²) < 4.78 is 27.4. The molecule has 1 fully saturated rings. The molecule has 2 N–H and O–H groups in total. The third-order valence-electron chi connectivity index (χ3n) is 4.05. The van der Waals surface area contributed by atoms with Crippen LogP contribution in [0.15, 0.2) is 23.2 Å². The topological polar surface area (TPSA) is 60.0 Å². The number of guanidine groups is 1. The van der Waals surface area contributed by atoms with Crippen LogP contribution >= 0.6 is 24.0 Å². The molecule has 1 saturated heterocycles. The predicted octanol–water partition coefficient (Wildman–Crippen LogP) is 2.59. The quantitative estimate of drug-likeness (QED) is 0.373. The van der Waals surface area contributed by atoms with E-state index in [0.29, 0.717) is 38.7 Å². The van der Waals surface area contributed by atoms with Crippen LogP contribution in [0.4, 0.5) is 14.5 Å². The second-order valence-electron chi connectivity index (χ2n) is 7.54. The highest BCUT2D eigenvalue weighted by Crippen LogP contribution is 2.21. The van der Waals surface area contributed by atoms with Crippen LogP contribution in [0.25, 0.3) is 0 Å². The van der Waals surface area contributed by atoms with Crippen molar-refractivity contribution in [3.05, 3.63) is 29.8 Å². The average Bonchev–Trinajstić information content (AvgIpc) is 2.59. The number of halogens is 3. The van der Waals surface area contributed by atoms with E-state index in [1.54, 1.807) is 0 Å². The lowest BCUT2D eigenvalue weighted by Gasteiger charge is -2.37. The second kappa shape index (κ2) is 10.8. The lowest BCUT2D eigenvalue weighted by atomic mass is 10.1. The SMILES string of the molecule is CCNC(=NCC(=O)NC(C)(C)C)N1CCN(c2cc(F)ccc2F)CC1.I. The highest BCUT2D eigenvalue weighted by Gasteiger charge is 2.22. The number of aliphatic imine (C=N–C) groups is 1. The van der Waals surface area contributed by atoms with Crippen molar-refractivity contribution in [3.8, 4) is 0 Å². The predicted molar refractivity (Wildman–Crippen MR) is 119 cm³/mol. The molecule has 0 aromatic heterocycles. The highest BCUT2D eigenvalue weighted by molar-refractivity contribution is 14.0. The summed E-state index contributed by atoms with van der Waals surface area (Å²) in [5.74, 6) is -0.364. The van der Waals surface area contributed by atoms with Crippen molar-refractivity contribution in [2.24, 2.45) is 4.99 Å². The van der Waals surface area contributed by atoms with Gasteiger partial charge >= 0.3 is 0 Å². The van der Waals surface area contributed by atoms with Gasteiger partial charge in [-0.15, -0.1) is 24.0 Å². The summed E-state index contributed by atoms with van der Waals surface area (Å²) in [6.45, 7) is 10.7. The van der Waals surface area contributed by atoms with Crippen molar-refractivity contribution < 1.29 is 13.6 Å². The molecule has 0 aliphatic carbocycles. The molecule has 28 heavy (non-hydrogen) atoms. The van der Waals surface area contributed by atoms with Gasteiger partial charge in [0.1, 0.15) is 18.2 Å². The summed E-state index contributed by atoms with van der Waals surface area (Å²) in [5.41, 5.74) is -0.0212. The number of carbonyl (C=O) groups is 1. The third kappa shape index (κ3) is 7.40. The monoisotopic (exact) mass is 509 g/mol. The molecule has 0 bridgehead atoms. The van der Waals surface area contributed by atoms with Gasteiger partial charge in [0.15, 0.2) is 5.96 Å². The van der Waals surface area contributed by atoms with Gasteiger partial charge in [-0.1, -0.05) is 0 Å². The fourth-order valence-electron chi connectivity index (χ4n) is 2.92. The number of hydrogen-bond donors (Lipinski definition) is 2. The van der Waals surface area contributed by atoms with Crippen LogP contribution in [0.2, 0.25) is 0 Å². The van der Waals surface area contributed by atoms with E-state index in [-0.39, 0.29) is 47.7 Å². The fraction of sp³-hybridized carbons (Fsp3) is 0.579. The Labute approximate surface area is 182 Å². The molecule has 1 aliphatic rings. The Kier molecular flexibility index (Phi) is 9.38. The normalized spacial score (nSPS) is 15.1. The molecule has 6 nitrogen and oxygen atoms in total. The third-order valence-corrected chi connectivity index (χ3v) is 4.05. The van der Waals surface area contributed by atoms with Gasteiger partial charge in [0.2, 0.25) is 5.91 Å². The molecule has 0 unspecified atom stereocenters. The maximum atomic E-state index is 14.0. The number of nitrogens with zero attached hydrogens (tertiary/aromatic N) is 3. The zero-order valence-corrected chi connectivity index (χ0v) is 19.2. The van der Waals surface area contributed by atoms with Crippen LogP contribution < -0.4 is 15.5 Å². The van der Waals surface area contributed by atoms with Gasteiger partial charge in [-0.05, 0) is 39.8 Å². The number of rotatable bonds is 4. The highest BCUT2D eigenvalue weighted by atomic mass is 127. The average molecular weight is 509 g/mol. The molecule has 9 heteroatoms. The first-order chi connectivity index (χ1) is 12.7. The van der Waals surface area contributed by atoms with Crippen molar-refractivity contribution in [2.75, 3.05) is 44.2 Å². The van der Waals surface area contributed by atoms with E-state index in [0.717, 1.165) is 12.1 Å². The minimum Gasteiger partial charge on any atom is -0.366 e. The van der Waals surface area contributed by atoms with Gasteiger partial charge in [0.25, 0.3) is 0 Å². The van der Waals surface area contributed by atoms with Crippen LogP contribution in [0.5, 0.6) is 0 Å². The summed E-state index contributed by atoms with van der Waals surface area (Å²) in [6.07, 6.45) is 0. The molecular weight excluding hydrogens is 479 g/mol. The molecule has 1 heterocycles. The Morgan fingerprint density at radius 1 is 1.18 bits per heavy atom. The van der Waals surface area contributed by atoms with E-state index in [2.05, 4.69) is 15.6 Å². The number of piperazine rings is 1. The first-order valence-electron chi connectivity index (χ1n) is 9.24. The van der Waals surface area contributed by atoms with Gasteiger partial charge in [0.05, 0.1) is 5.69 Å². The lowest BCUT2D eigenvalue weighted by Crippen LogP contribution is -2.53. The number of nitrogens with one attached hydrogen (secondary N) is 2. The maximum Gasteiger partial charge on any atom is 0.242 e. The lowest BCUT2D eigenvalue weighted by molar-refractivity contribution is -0.121. The van der Waals surface area contributed by atoms with Gasteiger partial charge in [-0.3, -0.25) is 4.79 Å². The van der Waals surface area contributed by atoms with Gasteiger partial charge in [0, 0.05) is 44.3 Å². The molecule has 0 spiro atoms. The largest absolute Gasteiger partial charge is 0.366 e. The van der Waals surface area contributed by atoms with E-state index in [1.807, 2.05) is 37.5 Å². The van der Waals surface area contributed by atoms with E-state index in [9.17, 15) is 13.6 Å². The smallest absolute Gasteiger partial charge is 0.242 e. The number of carbonyl (C=O) groups excluding carboxylic acids is 1. The molecule has 0 radical (unpaired) electrons. The van der Waals surface area contributed by atoms with E-state index in [1.165, 1.54) is 6.07 Å². The minimum absolute atomic E-state index is 0. The molecule has 0 saturated carbocycles. The molecule has 0 atom stereocenters. The van der Waals surface area contributed by atoms with E-state index in [4.69, 9.17) is 0 Å². The zero-order valence-electron chi connectivity index (χ0n) is 16.9. The Morgan fingerprint density at radius 2 is 1.82 bits per heavy atom.